The molecule has 2 aliphatic heterocycles. The van der Waals surface area contributed by atoms with Crippen molar-refractivity contribution in [2.75, 3.05) is 37.7 Å². The summed E-state index contributed by atoms with van der Waals surface area (Å²) in [7, 11) is 0. The summed E-state index contributed by atoms with van der Waals surface area (Å²) in [6.07, 6.45) is 3.96. The molecule has 0 aliphatic carbocycles. The molecule has 0 unspecified atom stereocenters. The third kappa shape index (κ3) is 2.90. The Morgan fingerprint density at radius 1 is 1.23 bits per heavy atom. The number of rotatable bonds is 4. The zero-order valence-corrected chi connectivity index (χ0v) is 13.4. The lowest BCUT2D eigenvalue weighted by atomic mass is 9.77. The van der Waals surface area contributed by atoms with Gasteiger partial charge in [-0.3, -0.25) is 9.69 Å². The summed E-state index contributed by atoms with van der Waals surface area (Å²) in [5.41, 5.74) is 2.45. The molecule has 0 bridgehead atoms. The van der Waals surface area contributed by atoms with E-state index in [9.17, 15) is 9.90 Å². The maximum absolute atomic E-state index is 12.6. The number of fused-ring (bicyclic) bond motifs is 1. The number of anilines is 1. The Morgan fingerprint density at radius 3 is 2.64 bits per heavy atom. The Hall–Kier alpha value is -1.39. The molecule has 120 valence electrons. The number of benzene rings is 1. The van der Waals surface area contributed by atoms with Gasteiger partial charge in [-0.05, 0) is 55.8 Å². The average Bonchev–Trinajstić information content (AvgIpc) is 3.00. The van der Waals surface area contributed by atoms with Gasteiger partial charge in [-0.15, -0.1) is 0 Å². The molecule has 2 aliphatic rings. The number of carbonyl (C=O) groups is 1. The summed E-state index contributed by atoms with van der Waals surface area (Å²) in [6, 6.07) is 8.20. The summed E-state index contributed by atoms with van der Waals surface area (Å²) < 4.78 is 0. The fourth-order valence-corrected chi connectivity index (χ4v) is 3.68. The van der Waals surface area contributed by atoms with Crippen molar-refractivity contribution in [3.8, 4) is 0 Å². The predicted molar refractivity (Wildman–Crippen MR) is 88.0 cm³/mol. The van der Waals surface area contributed by atoms with Crippen molar-refractivity contribution in [2.24, 2.45) is 5.41 Å². The number of para-hydroxylation sites is 1. The molecule has 1 saturated heterocycles. The lowest BCUT2D eigenvalue weighted by Crippen LogP contribution is -2.46. The second-order valence-electron chi connectivity index (χ2n) is 6.71. The largest absolute Gasteiger partial charge is 0.396 e. The van der Waals surface area contributed by atoms with E-state index >= 15 is 0 Å². The van der Waals surface area contributed by atoms with Crippen molar-refractivity contribution < 1.29 is 9.90 Å². The molecule has 1 N–H and O–H groups in total. The van der Waals surface area contributed by atoms with E-state index in [-0.39, 0.29) is 17.9 Å². The molecule has 1 aromatic carbocycles. The number of hydrogen-bond acceptors (Lipinski definition) is 3. The highest BCUT2D eigenvalue weighted by Crippen LogP contribution is 2.34. The summed E-state index contributed by atoms with van der Waals surface area (Å²) >= 11 is 0. The predicted octanol–water partition coefficient (Wildman–Crippen LogP) is 2.06. The molecule has 1 amide bonds. The molecule has 2 heterocycles. The molecule has 22 heavy (non-hydrogen) atoms. The van der Waals surface area contributed by atoms with E-state index in [0.29, 0.717) is 6.54 Å². The van der Waals surface area contributed by atoms with Crippen molar-refractivity contribution in [1.29, 1.82) is 0 Å². The lowest BCUT2D eigenvalue weighted by Gasteiger charge is -2.40. The SMILES string of the molecule is CCC1(CO)CCN(CC(=O)N2CCc3ccccc32)CC1. The van der Waals surface area contributed by atoms with Crippen molar-refractivity contribution >= 4 is 11.6 Å². The number of aliphatic hydroxyl groups is 1. The third-order valence-corrected chi connectivity index (χ3v) is 5.55. The Morgan fingerprint density at radius 2 is 1.95 bits per heavy atom. The van der Waals surface area contributed by atoms with Gasteiger partial charge in [-0.25, -0.2) is 0 Å². The van der Waals surface area contributed by atoms with Crippen LogP contribution in [0.5, 0.6) is 0 Å². The van der Waals surface area contributed by atoms with Gasteiger partial charge >= 0.3 is 0 Å². The van der Waals surface area contributed by atoms with E-state index in [1.54, 1.807) is 0 Å². The third-order valence-electron chi connectivity index (χ3n) is 5.55. The topological polar surface area (TPSA) is 43.8 Å². The minimum Gasteiger partial charge on any atom is -0.396 e. The molecule has 3 rings (SSSR count). The number of amides is 1. The number of hydrogen-bond donors (Lipinski definition) is 1. The first kappa shape index (κ1) is 15.5. The quantitative estimate of drug-likeness (QED) is 0.926. The van der Waals surface area contributed by atoms with Gasteiger partial charge in [0.15, 0.2) is 0 Å². The van der Waals surface area contributed by atoms with Crippen LogP contribution in [0.15, 0.2) is 24.3 Å². The maximum atomic E-state index is 12.6. The second-order valence-corrected chi connectivity index (χ2v) is 6.71. The van der Waals surface area contributed by atoms with Gasteiger partial charge in [0.1, 0.15) is 0 Å². The molecule has 0 saturated carbocycles. The average molecular weight is 302 g/mol. The van der Waals surface area contributed by atoms with Crippen LogP contribution in [0.1, 0.15) is 31.7 Å². The molecule has 4 nitrogen and oxygen atoms in total. The molecule has 0 spiro atoms. The van der Waals surface area contributed by atoms with Crippen LogP contribution >= 0.6 is 0 Å². The van der Waals surface area contributed by atoms with Gasteiger partial charge < -0.3 is 10.0 Å². The number of nitrogens with zero attached hydrogens (tertiary/aromatic N) is 2. The molecular weight excluding hydrogens is 276 g/mol. The number of likely N-dealkylation sites (tertiary alicyclic amines) is 1. The molecular formula is C18H26N2O2. The Labute approximate surface area is 132 Å². The Kier molecular flexibility index (Phi) is 4.50. The minimum absolute atomic E-state index is 0.0831. The highest BCUT2D eigenvalue weighted by molar-refractivity contribution is 5.96. The van der Waals surface area contributed by atoms with E-state index in [1.807, 2.05) is 23.1 Å². The standard InChI is InChI=1S/C18H26N2O2/c1-2-18(14-21)8-11-19(12-9-18)13-17(22)20-10-7-15-5-3-4-6-16(15)20/h3-6,21H,2,7-14H2,1H3. The molecule has 4 heteroatoms. The molecule has 1 aromatic rings. The van der Waals surface area contributed by atoms with Crippen molar-refractivity contribution in [3.63, 3.8) is 0 Å². The van der Waals surface area contributed by atoms with Gasteiger partial charge in [0.25, 0.3) is 0 Å². The molecule has 1 fully saturated rings. The fourth-order valence-electron chi connectivity index (χ4n) is 3.68. The summed E-state index contributed by atoms with van der Waals surface area (Å²) in [5, 5.41) is 9.60. The maximum Gasteiger partial charge on any atom is 0.241 e. The van der Waals surface area contributed by atoms with Gasteiger partial charge in [0.2, 0.25) is 5.91 Å². The zero-order chi connectivity index (χ0) is 15.6. The monoisotopic (exact) mass is 302 g/mol. The van der Waals surface area contributed by atoms with E-state index in [4.69, 9.17) is 0 Å². The highest BCUT2D eigenvalue weighted by Gasteiger charge is 2.34. The summed E-state index contributed by atoms with van der Waals surface area (Å²) in [4.78, 5) is 16.8. The normalized spacial score (nSPS) is 20.9. The van der Waals surface area contributed by atoms with E-state index in [2.05, 4.69) is 17.9 Å². The first-order chi connectivity index (χ1) is 10.7. The van der Waals surface area contributed by atoms with E-state index < -0.39 is 0 Å². The van der Waals surface area contributed by atoms with Crippen LogP contribution in [-0.4, -0.2) is 48.7 Å². The van der Waals surface area contributed by atoms with Crippen LogP contribution in [0, 0.1) is 5.41 Å². The number of aliphatic hydroxyl groups excluding tert-OH is 1. The van der Waals surface area contributed by atoms with Crippen LogP contribution in [0.2, 0.25) is 0 Å². The fraction of sp³-hybridized carbons (Fsp3) is 0.611. The lowest BCUT2D eigenvalue weighted by molar-refractivity contribution is -0.120. The van der Waals surface area contributed by atoms with Crippen LogP contribution in [0.4, 0.5) is 5.69 Å². The smallest absolute Gasteiger partial charge is 0.241 e. The van der Waals surface area contributed by atoms with Crippen LogP contribution in [0.3, 0.4) is 0 Å². The Bertz CT molecular complexity index is 530. The Balaban J connectivity index is 1.58. The second kappa shape index (κ2) is 6.39. The van der Waals surface area contributed by atoms with Crippen LogP contribution in [-0.2, 0) is 11.2 Å². The minimum atomic E-state index is 0.0831. The number of piperidine rings is 1. The molecule has 0 radical (unpaired) electrons. The summed E-state index contributed by atoms with van der Waals surface area (Å²) in [6.45, 7) is 5.55. The molecule has 0 atom stereocenters. The van der Waals surface area contributed by atoms with Crippen molar-refractivity contribution in [3.05, 3.63) is 29.8 Å². The first-order valence-electron chi connectivity index (χ1n) is 8.39. The zero-order valence-electron chi connectivity index (χ0n) is 13.4. The van der Waals surface area contributed by atoms with Crippen LogP contribution < -0.4 is 4.90 Å². The number of carbonyl (C=O) groups excluding carboxylic acids is 1. The van der Waals surface area contributed by atoms with E-state index in [1.165, 1.54) is 5.56 Å². The van der Waals surface area contributed by atoms with Gasteiger partial charge in [0, 0.05) is 18.8 Å². The molecule has 0 aromatic heterocycles. The first-order valence-corrected chi connectivity index (χ1v) is 8.39. The van der Waals surface area contributed by atoms with Crippen LogP contribution in [0.25, 0.3) is 0 Å². The van der Waals surface area contributed by atoms with Gasteiger partial charge in [-0.1, -0.05) is 25.1 Å². The van der Waals surface area contributed by atoms with Crippen molar-refractivity contribution in [2.45, 2.75) is 32.6 Å². The highest BCUT2D eigenvalue weighted by atomic mass is 16.3. The van der Waals surface area contributed by atoms with Crippen molar-refractivity contribution in [1.82, 2.24) is 4.90 Å². The summed E-state index contributed by atoms with van der Waals surface area (Å²) in [5.74, 6) is 0.206. The van der Waals surface area contributed by atoms with Gasteiger partial charge in [-0.2, -0.15) is 0 Å². The van der Waals surface area contributed by atoms with E-state index in [0.717, 1.165) is 51.0 Å². The van der Waals surface area contributed by atoms with Gasteiger partial charge in [0.05, 0.1) is 6.54 Å².